The highest BCUT2D eigenvalue weighted by molar-refractivity contribution is 5.91. The Hall–Kier alpha value is -3.54. The molecule has 0 saturated heterocycles. The molecule has 0 fully saturated rings. The van der Waals surface area contributed by atoms with Gasteiger partial charge in [-0.15, -0.1) is 6.42 Å². The van der Waals surface area contributed by atoms with Crippen molar-refractivity contribution >= 4 is 17.4 Å². The van der Waals surface area contributed by atoms with Crippen molar-refractivity contribution in [3.63, 3.8) is 0 Å². The molecule has 0 radical (unpaired) electrons. The number of fused-ring (bicyclic) bond motifs is 1. The lowest BCUT2D eigenvalue weighted by atomic mass is 10.0. The van der Waals surface area contributed by atoms with E-state index < -0.39 is 18.6 Å². The molecule has 0 saturated carbocycles. The second-order valence-corrected chi connectivity index (χ2v) is 6.27. The van der Waals surface area contributed by atoms with Gasteiger partial charge < -0.3 is 10.1 Å². The number of nitrogens with one attached hydrogen (secondary N) is 1. The molecule has 2 heterocycles. The highest BCUT2D eigenvalue weighted by Crippen LogP contribution is 2.27. The monoisotopic (exact) mass is 402 g/mol. The van der Waals surface area contributed by atoms with Gasteiger partial charge in [-0.25, -0.2) is 14.8 Å². The van der Waals surface area contributed by atoms with E-state index in [1.54, 1.807) is 41.9 Å². The van der Waals surface area contributed by atoms with E-state index in [0.29, 0.717) is 22.5 Å². The molecule has 3 aromatic rings. The number of esters is 1. The summed E-state index contributed by atoms with van der Waals surface area (Å²) < 4.78 is 43.8. The first-order chi connectivity index (χ1) is 13.7. The maximum Gasteiger partial charge on any atom is 0.390 e. The highest BCUT2D eigenvalue weighted by Gasteiger charge is 2.26. The molecule has 0 aliphatic carbocycles. The number of imidazole rings is 1. The number of nitrogens with zero attached hydrogens (tertiary/aromatic N) is 3. The van der Waals surface area contributed by atoms with Crippen molar-refractivity contribution in [2.45, 2.75) is 19.5 Å². The number of carbonyl (C=O) groups excluding carboxylic acids is 1. The van der Waals surface area contributed by atoms with Crippen molar-refractivity contribution in [3.8, 4) is 23.6 Å². The number of hydrogen-bond acceptors (Lipinski definition) is 5. The van der Waals surface area contributed by atoms with Gasteiger partial charge in [-0.05, 0) is 30.5 Å². The summed E-state index contributed by atoms with van der Waals surface area (Å²) in [6.07, 6.45) is 3.30. The number of aryl methyl sites for hydroxylation is 1. The molecular formula is C20H17F3N4O2. The van der Waals surface area contributed by atoms with Gasteiger partial charge >= 0.3 is 12.1 Å². The maximum atomic E-state index is 12.4. The smallest absolute Gasteiger partial charge is 0.390 e. The van der Waals surface area contributed by atoms with Crippen LogP contribution in [0.15, 0.2) is 30.6 Å². The number of aromatic nitrogens is 3. The van der Waals surface area contributed by atoms with Crippen LogP contribution in [-0.4, -0.2) is 40.2 Å². The first-order valence-corrected chi connectivity index (χ1v) is 8.58. The molecule has 0 bridgehead atoms. The second-order valence-electron chi connectivity index (χ2n) is 6.27. The largest absolute Gasteiger partial charge is 0.465 e. The van der Waals surface area contributed by atoms with E-state index in [0.717, 1.165) is 5.56 Å². The van der Waals surface area contributed by atoms with Gasteiger partial charge in [-0.2, -0.15) is 13.2 Å². The van der Waals surface area contributed by atoms with Crippen LogP contribution in [0.5, 0.6) is 0 Å². The molecule has 6 nitrogen and oxygen atoms in total. The van der Waals surface area contributed by atoms with Gasteiger partial charge in [0.2, 0.25) is 0 Å². The van der Waals surface area contributed by atoms with E-state index in [2.05, 4.69) is 21.2 Å². The maximum absolute atomic E-state index is 12.4. The third-order valence-electron chi connectivity index (χ3n) is 4.27. The molecule has 0 aliphatic rings. The molecular weight excluding hydrogens is 385 g/mol. The molecule has 0 atom stereocenters. The fraction of sp³-hybridized carbons (Fsp3) is 0.250. The first-order valence-electron chi connectivity index (χ1n) is 8.58. The van der Waals surface area contributed by atoms with Crippen molar-refractivity contribution in [3.05, 3.63) is 47.4 Å². The molecule has 1 N–H and O–H groups in total. The molecule has 0 amide bonds. The number of alkyl halides is 3. The van der Waals surface area contributed by atoms with Crippen molar-refractivity contribution in [1.29, 1.82) is 0 Å². The summed E-state index contributed by atoms with van der Waals surface area (Å²) >= 11 is 0. The molecule has 9 heteroatoms. The topological polar surface area (TPSA) is 68.5 Å². The van der Waals surface area contributed by atoms with Crippen molar-refractivity contribution in [2.75, 3.05) is 19.0 Å². The summed E-state index contributed by atoms with van der Waals surface area (Å²) in [6.45, 7) is 1.42. The zero-order chi connectivity index (χ0) is 21.2. The predicted molar refractivity (Wildman–Crippen MR) is 102 cm³/mol. The number of methoxy groups -OCH3 is 1. The van der Waals surface area contributed by atoms with Crippen LogP contribution in [-0.2, 0) is 4.74 Å². The number of terminal acetylenes is 1. The van der Waals surface area contributed by atoms with Gasteiger partial charge in [0.1, 0.15) is 5.69 Å². The van der Waals surface area contributed by atoms with Gasteiger partial charge in [-0.3, -0.25) is 4.40 Å². The van der Waals surface area contributed by atoms with Crippen molar-refractivity contribution in [2.24, 2.45) is 0 Å². The molecule has 1 aromatic carbocycles. The van der Waals surface area contributed by atoms with E-state index in [1.165, 1.54) is 7.11 Å². The van der Waals surface area contributed by atoms with Crippen LogP contribution < -0.4 is 5.32 Å². The number of anilines is 1. The minimum atomic E-state index is -4.29. The number of halogens is 3. The van der Waals surface area contributed by atoms with Crippen LogP contribution in [0.2, 0.25) is 0 Å². The Kier molecular flexibility index (Phi) is 5.46. The Morgan fingerprint density at radius 1 is 1.38 bits per heavy atom. The lowest BCUT2D eigenvalue weighted by Gasteiger charge is -2.11. The minimum Gasteiger partial charge on any atom is -0.465 e. The van der Waals surface area contributed by atoms with Crippen LogP contribution in [0.25, 0.3) is 16.9 Å². The van der Waals surface area contributed by atoms with Crippen LogP contribution >= 0.6 is 0 Å². The predicted octanol–water partition coefficient (Wildman–Crippen LogP) is 3.84. The number of ether oxygens (including phenoxy) is 1. The first kappa shape index (κ1) is 20.2. The number of hydrogen-bond donors (Lipinski definition) is 1. The molecule has 150 valence electrons. The Labute approximate surface area is 164 Å². The van der Waals surface area contributed by atoms with Crippen LogP contribution in [0.4, 0.5) is 19.0 Å². The fourth-order valence-corrected chi connectivity index (χ4v) is 2.87. The summed E-state index contributed by atoms with van der Waals surface area (Å²) in [5, 5.41) is 2.66. The van der Waals surface area contributed by atoms with E-state index in [1.807, 2.05) is 0 Å². The fourth-order valence-electron chi connectivity index (χ4n) is 2.87. The summed E-state index contributed by atoms with van der Waals surface area (Å²) in [5.74, 6) is 2.12. The quantitative estimate of drug-likeness (QED) is 0.519. The van der Waals surface area contributed by atoms with Crippen LogP contribution in [0.3, 0.4) is 0 Å². The number of benzene rings is 1. The Morgan fingerprint density at radius 3 is 2.76 bits per heavy atom. The summed E-state index contributed by atoms with van der Waals surface area (Å²) in [5.41, 5.74) is 3.13. The lowest BCUT2D eigenvalue weighted by molar-refractivity contribution is -0.131. The number of rotatable bonds is 5. The summed E-state index contributed by atoms with van der Waals surface area (Å²) in [6, 6.07) is 5.17. The zero-order valence-electron chi connectivity index (χ0n) is 15.7. The third-order valence-corrected chi connectivity index (χ3v) is 4.27. The Balaban J connectivity index is 2.02. The standard InChI is InChI=1S/C20H17F3N4O2/c1-4-14-11-27-16(13-5-6-15(12(2)9-13)19(28)29-3)10-25-18(27)17(26-14)24-8-7-20(21,22)23/h1,5-6,9-11H,7-8H2,2-3H3,(H,24,26). The molecule has 0 aliphatic heterocycles. The van der Waals surface area contributed by atoms with Gasteiger partial charge in [0.15, 0.2) is 11.5 Å². The van der Waals surface area contributed by atoms with Gasteiger partial charge in [0.05, 0.1) is 31.0 Å². The van der Waals surface area contributed by atoms with Crippen molar-refractivity contribution in [1.82, 2.24) is 14.4 Å². The highest BCUT2D eigenvalue weighted by atomic mass is 19.4. The molecule has 2 aromatic heterocycles. The average molecular weight is 402 g/mol. The lowest BCUT2D eigenvalue weighted by Crippen LogP contribution is -2.16. The zero-order valence-corrected chi connectivity index (χ0v) is 15.7. The molecule has 3 rings (SSSR count). The van der Waals surface area contributed by atoms with Crippen LogP contribution in [0.1, 0.15) is 28.0 Å². The number of carbonyl (C=O) groups is 1. The normalized spacial score (nSPS) is 11.3. The third kappa shape index (κ3) is 4.32. The summed E-state index contributed by atoms with van der Waals surface area (Å²) in [4.78, 5) is 20.2. The van der Waals surface area contributed by atoms with Crippen molar-refractivity contribution < 1.29 is 22.7 Å². The van der Waals surface area contributed by atoms with Gasteiger partial charge in [-0.1, -0.05) is 6.07 Å². The van der Waals surface area contributed by atoms with Gasteiger partial charge in [0, 0.05) is 18.3 Å². The molecule has 29 heavy (non-hydrogen) atoms. The Morgan fingerprint density at radius 2 is 2.14 bits per heavy atom. The molecule has 0 spiro atoms. The van der Waals surface area contributed by atoms with E-state index in [-0.39, 0.29) is 18.1 Å². The van der Waals surface area contributed by atoms with Gasteiger partial charge in [0.25, 0.3) is 0 Å². The second kappa shape index (κ2) is 7.83. The Bertz CT molecular complexity index is 1110. The average Bonchev–Trinajstić information content (AvgIpc) is 3.10. The van der Waals surface area contributed by atoms with E-state index in [4.69, 9.17) is 11.2 Å². The summed E-state index contributed by atoms with van der Waals surface area (Å²) in [7, 11) is 1.31. The SMILES string of the molecule is C#Cc1cn2c(-c3ccc(C(=O)OC)c(C)c3)cnc2c(NCCC(F)(F)F)n1. The van der Waals surface area contributed by atoms with Crippen LogP contribution in [0, 0.1) is 19.3 Å². The molecule has 0 unspecified atom stereocenters. The van der Waals surface area contributed by atoms with E-state index >= 15 is 0 Å². The van der Waals surface area contributed by atoms with E-state index in [9.17, 15) is 18.0 Å². The minimum absolute atomic E-state index is 0.166.